The molecule has 94 valence electrons. The zero-order valence-corrected chi connectivity index (χ0v) is 12.1. The Hall–Kier alpha value is -0.0500. The van der Waals surface area contributed by atoms with E-state index in [-0.39, 0.29) is 5.92 Å². The summed E-state index contributed by atoms with van der Waals surface area (Å²) in [6.45, 7) is 6.27. The fourth-order valence-electron chi connectivity index (χ4n) is 2.51. The van der Waals surface area contributed by atoms with Crippen LogP contribution in [0.25, 0.3) is 0 Å². The summed E-state index contributed by atoms with van der Waals surface area (Å²) in [5.74, 6) is 1.36. The molecule has 1 heterocycles. The predicted molar refractivity (Wildman–Crippen MR) is 71.8 cm³/mol. The van der Waals surface area contributed by atoms with Gasteiger partial charge in [-0.1, -0.05) is 42.6 Å². The van der Waals surface area contributed by atoms with E-state index >= 15 is 0 Å². The third kappa shape index (κ3) is 3.76. The Kier molecular flexibility index (Phi) is 6.40. The first-order chi connectivity index (χ1) is 7.72. The molecule has 1 saturated heterocycles. The summed E-state index contributed by atoms with van der Waals surface area (Å²) < 4.78 is 0. The molecule has 0 aromatic carbocycles. The predicted octanol–water partition coefficient (Wildman–Crippen LogP) is 3.45. The zero-order chi connectivity index (χ0) is 12.0. The number of carbonyl (C=O) groups is 1. The third-order valence-corrected chi connectivity index (χ3v) is 4.35. The summed E-state index contributed by atoms with van der Waals surface area (Å²) in [4.78, 5) is 14.4. The maximum Gasteiger partial charge on any atom is 0.225 e. The normalized spacial score (nSPS) is 20.8. The van der Waals surface area contributed by atoms with Crippen molar-refractivity contribution in [1.29, 1.82) is 0 Å². The minimum Gasteiger partial charge on any atom is -0.342 e. The van der Waals surface area contributed by atoms with E-state index in [1.807, 2.05) is 0 Å². The lowest BCUT2D eigenvalue weighted by atomic mass is 9.97. The highest BCUT2D eigenvalue weighted by molar-refractivity contribution is 9.09. The minimum absolute atomic E-state index is 0.282. The van der Waals surface area contributed by atoms with Crippen molar-refractivity contribution in [3.8, 4) is 0 Å². The molecule has 2 nitrogen and oxygen atoms in total. The molecule has 1 unspecified atom stereocenters. The van der Waals surface area contributed by atoms with Crippen LogP contribution in [-0.2, 0) is 4.79 Å². The number of carbonyl (C=O) groups excluding carboxylic acids is 1. The number of hydrogen-bond acceptors (Lipinski definition) is 1. The number of likely N-dealkylation sites (tertiary alicyclic amines) is 1. The molecular formula is C13H24BrNO. The van der Waals surface area contributed by atoms with Crippen molar-refractivity contribution in [2.24, 2.45) is 11.8 Å². The second-order valence-corrected chi connectivity index (χ2v) is 5.52. The van der Waals surface area contributed by atoms with Crippen molar-refractivity contribution in [2.75, 3.05) is 18.4 Å². The first-order valence-corrected chi connectivity index (χ1v) is 7.69. The summed E-state index contributed by atoms with van der Waals surface area (Å²) in [5, 5.41) is 1.03. The molecule has 3 heteroatoms. The number of halogens is 1. The molecule has 1 atom stereocenters. The van der Waals surface area contributed by atoms with Gasteiger partial charge in [-0.25, -0.2) is 0 Å². The maximum absolute atomic E-state index is 12.3. The Morgan fingerprint density at radius 1 is 1.38 bits per heavy atom. The molecule has 0 spiro atoms. The quantitative estimate of drug-likeness (QED) is 0.686. The second-order valence-electron chi connectivity index (χ2n) is 4.87. The van der Waals surface area contributed by atoms with Crippen LogP contribution in [0.15, 0.2) is 0 Å². The minimum atomic E-state index is 0.282. The van der Waals surface area contributed by atoms with Gasteiger partial charge in [0.15, 0.2) is 0 Å². The van der Waals surface area contributed by atoms with Crippen molar-refractivity contribution < 1.29 is 4.79 Å². The van der Waals surface area contributed by atoms with Crippen molar-refractivity contribution in [1.82, 2.24) is 4.90 Å². The molecule has 0 radical (unpaired) electrons. The van der Waals surface area contributed by atoms with E-state index in [1.165, 1.54) is 6.42 Å². The average Bonchev–Trinajstić information content (AvgIpc) is 2.76. The van der Waals surface area contributed by atoms with Crippen LogP contribution >= 0.6 is 15.9 Å². The fraction of sp³-hybridized carbons (Fsp3) is 0.923. The monoisotopic (exact) mass is 289 g/mol. The van der Waals surface area contributed by atoms with E-state index in [0.29, 0.717) is 11.8 Å². The lowest BCUT2D eigenvalue weighted by Crippen LogP contribution is -2.34. The smallest absolute Gasteiger partial charge is 0.225 e. The number of hydrogen-bond donors (Lipinski definition) is 0. The first kappa shape index (κ1) is 14.0. The van der Waals surface area contributed by atoms with Crippen LogP contribution in [0.4, 0.5) is 0 Å². The summed E-state index contributed by atoms with van der Waals surface area (Å²) in [6, 6.07) is 0. The summed E-state index contributed by atoms with van der Waals surface area (Å²) in [6.07, 6.45) is 5.52. The van der Waals surface area contributed by atoms with Gasteiger partial charge in [0.2, 0.25) is 5.91 Å². The molecule has 1 aliphatic rings. The van der Waals surface area contributed by atoms with Gasteiger partial charge in [-0.15, -0.1) is 0 Å². The Labute approximate surface area is 108 Å². The number of amides is 1. The number of alkyl halides is 1. The van der Waals surface area contributed by atoms with Crippen LogP contribution in [0.3, 0.4) is 0 Å². The molecule has 0 aliphatic carbocycles. The molecule has 0 N–H and O–H groups in total. The van der Waals surface area contributed by atoms with Crippen molar-refractivity contribution in [3.63, 3.8) is 0 Å². The lowest BCUT2D eigenvalue weighted by Gasteiger charge is -2.23. The highest BCUT2D eigenvalue weighted by Crippen LogP contribution is 2.23. The number of nitrogens with zero attached hydrogens (tertiary/aromatic N) is 1. The maximum atomic E-state index is 12.3. The zero-order valence-electron chi connectivity index (χ0n) is 10.5. The van der Waals surface area contributed by atoms with E-state index in [0.717, 1.165) is 44.1 Å². The van der Waals surface area contributed by atoms with E-state index < -0.39 is 0 Å². The van der Waals surface area contributed by atoms with Gasteiger partial charge in [0.25, 0.3) is 0 Å². The molecular weight excluding hydrogens is 266 g/mol. The van der Waals surface area contributed by atoms with Crippen LogP contribution in [0.1, 0.15) is 46.0 Å². The van der Waals surface area contributed by atoms with Gasteiger partial charge in [-0.3, -0.25) is 4.79 Å². The molecule has 0 bridgehead atoms. The summed E-state index contributed by atoms with van der Waals surface area (Å²) >= 11 is 3.51. The molecule has 16 heavy (non-hydrogen) atoms. The SMILES string of the molecule is CCCC(CCC)C(=O)N1CCC(CBr)C1. The Morgan fingerprint density at radius 2 is 2.00 bits per heavy atom. The largest absolute Gasteiger partial charge is 0.342 e. The molecule has 1 aliphatic heterocycles. The van der Waals surface area contributed by atoms with Crippen LogP contribution < -0.4 is 0 Å². The van der Waals surface area contributed by atoms with Crippen molar-refractivity contribution in [3.05, 3.63) is 0 Å². The lowest BCUT2D eigenvalue weighted by molar-refractivity contribution is -0.135. The van der Waals surface area contributed by atoms with Crippen LogP contribution in [0, 0.1) is 11.8 Å². The van der Waals surface area contributed by atoms with Gasteiger partial charge < -0.3 is 4.90 Å². The molecule has 1 fully saturated rings. The highest BCUT2D eigenvalue weighted by Gasteiger charge is 2.29. The molecule has 0 aromatic rings. The third-order valence-electron chi connectivity index (χ3n) is 3.44. The van der Waals surface area contributed by atoms with Crippen LogP contribution in [-0.4, -0.2) is 29.2 Å². The number of rotatable bonds is 6. The Bertz CT molecular complexity index is 214. The van der Waals surface area contributed by atoms with Crippen molar-refractivity contribution in [2.45, 2.75) is 46.0 Å². The van der Waals surface area contributed by atoms with E-state index in [2.05, 4.69) is 34.7 Å². The average molecular weight is 290 g/mol. The van der Waals surface area contributed by atoms with Gasteiger partial charge in [0.1, 0.15) is 0 Å². The van der Waals surface area contributed by atoms with Crippen LogP contribution in [0.5, 0.6) is 0 Å². The van der Waals surface area contributed by atoms with E-state index in [1.54, 1.807) is 0 Å². The Morgan fingerprint density at radius 3 is 2.44 bits per heavy atom. The molecule has 1 amide bonds. The fourth-order valence-corrected chi connectivity index (χ4v) is 3.03. The summed E-state index contributed by atoms with van der Waals surface area (Å²) in [7, 11) is 0. The van der Waals surface area contributed by atoms with Gasteiger partial charge in [0, 0.05) is 24.3 Å². The molecule has 0 aromatic heterocycles. The summed E-state index contributed by atoms with van der Waals surface area (Å²) in [5.41, 5.74) is 0. The van der Waals surface area contributed by atoms with Crippen LogP contribution in [0.2, 0.25) is 0 Å². The Balaban J connectivity index is 2.47. The van der Waals surface area contributed by atoms with Gasteiger partial charge >= 0.3 is 0 Å². The van der Waals surface area contributed by atoms with Gasteiger partial charge in [0.05, 0.1) is 0 Å². The first-order valence-electron chi connectivity index (χ1n) is 6.57. The molecule has 1 rings (SSSR count). The highest BCUT2D eigenvalue weighted by atomic mass is 79.9. The molecule has 0 saturated carbocycles. The van der Waals surface area contributed by atoms with E-state index in [9.17, 15) is 4.79 Å². The van der Waals surface area contributed by atoms with Crippen molar-refractivity contribution >= 4 is 21.8 Å². The topological polar surface area (TPSA) is 20.3 Å². The van der Waals surface area contributed by atoms with E-state index in [4.69, 9.17) is 0 Å². The second kappa shape index (κ2) is 7.31. The standard InChI is InChI=1S/C13H24BrNO/c1-3-5-12(6-4-2)13(16)15-8-7-11(9-14)10-15/h11-12H,3-10H2,1-2H3. The van der Waals surface area contributed by atoms with Gasteiger partial charge in [-0.05, 0) is 25.2 Å². The van der Waals surface area contributed by atoms with Gasteiger partial charge in [-0.2, -0.15) is 0 Å².